The summed E-state index contributed by atoms with van der Waals surface area (Å²) in [6.45, 7) is 1.68. The van der Waals surface area contributed by atoms with Gasteiger partial charge in [0.25, 0.3) is 0 Å². The van der Waals surface area contributed by atoms with E-state index in [0.717, 1.165) is 0 Å². The number of aromatic amines is 1. The van der Waals surface area contributed by atoms with Crippen LogP contribution in [0.2, 0.25) is 0 Å². The number of rotatable bonds is 2. The molecule has 18 heavy (non-hydrogen) atoms. The van der Waals surface area contributed by atoms with E-state index in [4.69, 9.17) is 14.7 Å². The van der Waals surface area contributed by atoms with Gasteiger partial charge in [-0.3, -0.25) is 4.79 Å². The maximum absolute atomic E-state index is 12.3. The average molecular weight is 244 g/mol. The molecule has 0 aliphatic heterocycles. The van der Waals surface area contributed by atoms with Gasteiger partial charge >= 0.3 is 0 Å². The number of nitrogens with zero attached hydrogens (tertiary/aromatic N) is 1. The highest BCUT2D eigenvalue weighted by molar-refractivity contribution is 5.91. The molecule has 5 nitrogen and oxygen atoms in total. The van der Waals surface area contributed by atoms with E-state index in [0.29, 0.717) is 28.1 Å². The van der Waals surface area contributed by atoms with Crippen molar-refractivity contribution in [1.82, 2.24) is 4.98 Å². The lowest BCUT2D eigenvalue weighted by atomic mass is 10.1. The van der Waals surface area contributed by atoms with Gasteiger partial charge in [-0.2, -0.15) is 5.26 Å². The van der Waals surface area contributed by atoms with Crippen molar-refractivity contribution in [3.8, 4) is 17.6 Å². The fraction of sp³-hybridized carbons (Fsp3) is 0.231. The molecule has 92 valence electrons. The molecule has 0 amide bonds. The number of H-pyrrole nitrogens is 1. The lowest BCUT2D eigenvalue weighted by Crippen LogP contribution is -2.12. The molecule has 5 heteroatoms. The Balaban J connectivity index is 3.05. The summed E-state index contributed by atoms with van der Waals surface area (Å²) in [5, 5.41) is 9.34. The van der Waals surface area contributed by atoms with E-state index >= 15 is 0 Å². The average Bonchev–Trinajstić information content (AvgIpc) is 2.37. The van der Waals surface area contributed by atoms with Crippen molar-refractivity contribution in [1.29, 1.82) is 5.26 Å². The van der Waals surface area contributed by atoms with Gasteiger partial charge in [-0.25, -0.2) is 0 Å². The van der Waals surface area contributed by atoms with Crippen molar-refractivity contribution in [2.24, 2.45) is 0 Å². The molecule has 0 aliphatic rings. The van der Waals surface area contributed by atoms with Crippen LogP contribution in [-0.4, -0.2) is 19.2 Å². The van der Waals surface area contributed by atoms with Gasteiger partial charge in [0.15, 0.2) is 0 Å². The lowest BCUT2D eigenvalue weighted by molar-refractivity contribution is 0.409. The Bertz CT molecular complexity index is 711. The molecule has 1 N–H and O–H groups in total. The van der Waals surface area contributed by atoms with Crippen molar-refractivity contribution in [2.45, 2.75) is 6.92 Å². The third-order valence-electron chi connectivity index (χ3n) is 2.82. The van der Waals surface area contributed by atoms with Crippen LogP contribution >= 0.6 is 0 Å². The Labute approximate surface area is 104 Å². The normalized spacial score (nSPS) is 10.1. The Morgan fingerprint density at radius 3 is 2.39 bits per heavy atom. The molecule has 0 atom stereocenters. The van der Waals surface area contributed by atoms with Gasteiger partial charge in [0.2, 0.25) is 5.43 Å². The van der Waals surface area contributed by atoms with Crippen LogP contribution in [0.1, 0.15) is 11.3 Å². The quantitative estimate of drug-likeness (QED) is 0.872. The number of ether oxygens (including phenoxy) is 2. The van der Waals surface area contributed by atoms with Crippen LogP contribution in [0, 0.1) is 18.3 Å². The molecular formula is C13H12N2O3. The number of methoxy groups -OCH3 is 2. The minimum absolute atomic E-state index is 0.0917. The van der Waals surface area contributed by atoms with E-state index in [2.05, 4.69) is 4.98 Å². The zero-order valence-corrected chi connectivity index (χ0v) is 10.3. The highest BCUT2D eigenvalue weighted by Gasteiger charge is 2.15. The van der Waals surface area contributed by atoms with E-state index in [-0.39, 0.29) is 11.0 Å². The largest absolute Gasteiger partial charge is 0.496 e. The number of nitrogens with one attached hydrogen (secondary N) is 1. The molecule has 0 saturated heterocycles. The molecule has 1 aromatic carbocycles. The summed E-state index contributed by atoms with van der Waals surface area (Å²) in [7, 11) is 3.00. The zero-order valence-electron chi connectivity index (χ0n) is 10.3. The van der Waals surface area contributed by atoms with Crippen LogP contribution in [-0.2, 0) is 0 Å². The second-order valence-corrected chi connectivity index (χ2v) is 3.79. The molecule has 1 heterocycles. The molecule has 0 aliphatic carbocycles. The number of hydrogen-bond acceptors (Lipinski definition) is 4. The number of benzene rings is 1. The number of hydrogen-bond donors (Lipinski definition) is 1. The molecule has 2 rings (SSSR count). The molecule has 0 unspecified atom stereocenters. The van der Waals surface area contributed by atoms with E-state index in [1.807, 2.05) is 6.07 Å². The first kappa shape index (κ1) is 12.0. The molecule has 0 saturated carbocycles. The maximum atomic E-state index is 12.3. The fourth-order valence-corrected chi connectivity index (χ4v) is 1.93. The van der Waals surface area contributed by atoms with E-state index in [1.165, 1.54) is 14.2 Å². The van der Waals surface area contributed by atoms with Crippen LogP contribution in [0.25, 0.3) is 10.9 Å². The van der Waals surface area contributed by atoms with Gasteiger partial charge in [-0.05, 0) is 19.1 Å². The Morgan fingerprint density at radius 2 is 1.83 bits per heavy atom. The molecule has 0 radical (unpaired) electrons. The minimum Gasteiger partial charge on any atom is -0.496 e. The summed E-state index contributed by atoms with van der Waals surface area (Å²) in [4.78, 5) is 15.3. The second kappa shape index (κ2) is 4.41. The van der Waals surface area contributed by atoms with Crippen molar-refractivity contribution in [3.05, 3.63) is 33.6 Å². The van der Waals surface area contributed by atoms with Crippen LogP contribution < -0.4 is 14.9 Å². The fourth-order valence-electron chi connectivity index (χ4n) is 1.93. The first-order valence-corrected chi connectivity index (χ1v) is 5.31. The second-order valence-electron chi connectivity index (χ2n) is 3.79. The first-order chi connectivity index (χ1) is 8.63. The monoisotopic (exact) mass is 244 g/mol. The van der Waals surface area contributed by atoms with Gasteiger partial charge in [-0.15, -0.1) is 0 Å². The van der Waals surface area contributed by atoms with Crippen molar-refractivity contribution < 1.29 is 9.47 Å². The Morgan fingerprint density at radius 1 is 1.22 bits per heavy atom. The number of pyridine rings is 1. The summed E-state index contributed by atoms with van der Waals surface area (Å²) in [6.07, 6.45) is 0. The lowest BCUT2D eigenvalue weighted by Gasteiger charge is -2.10. The summed E-state index contributed by atoms with van der Waals surface area (Å²) < 4.78 is 10.4. The topological polar surface area (TPSA) is 75.1 Å². The number of fused-ring (bicyclic) bond motifs is 1. The molecule has 0 bridgehead atoms. The predicted octanol–water partition coefficient (Wildman–Crippen LogP) is 1.73. The molecule has 1 aromatic heterocycles. The van der Waals surface area contributed by atoms with Crippen LogP contribution in [0.15, 0.2) is 16.9 Å². The maximum Gasteiger partial charge on any atom is 0.211 e. The highest BCUT2D eigenvalue weighted by Crippen LogP contribution is 2.29. The first-order valence-electron chi connectivity index (χ1n) is 5.31. The van der Waals surface area contributed by atoms with E-state index in [1.54, 1.807) is 19.1 Å². The highest BCUT2D eigenvalue weighted by atomic mass is 16.5. The van der Waals surface area contributed by atoms with Crippen LogP contribution in [0.5, 0.6) is 11.5 Å². The van der Waals surface area contributed by atoms with Crippen molar-refractivity contribution in [2.75, 3.05) is 14.2 Å². The van der Waals surface area contributed by atoms with Crippen molar-refractivity contribution >= 4 is 10.9 Å². The van der Waals surface area contributed by atoms with Gasteiger partial charge in [0.1, 0.15) is 23.1 Å². The van der Waals surface area contributed by atoms with E-state index < -0.39 is 0 Å². The number of nitriles is 1. The summed E-state index contributed by atoms with van der Waals surface area (Å²) in [5.41, 5.74) is 0.799. The Kier molecular flexibility index (Phi) is 2.94. The molecule has 0 spiro atoms. The van der Waals surface area contributed by atoms with Crippen LogP contribution in [0.3, 0.4) is 0 Å². The third kappa shape index (κ3) is 1.59. The number of aromatic nitrogens is 1. The van der Waals surface area contributed by atoms with Gasteiger partial charge in [0.05, 0.1) is 25.1 Å². The van der Waals surface area contributed by atoms with Gasteiger partial charge in [0, 0.05) is 5.69 Å². The molecule has 2 aromatic rings. The minimum atomic E-state index is -0.348. The summed E-state index contributed by atoms with van der Waals surface area (Å²) in [5.74, 6) is 0.957. The predicted molar refractivity (Wildman–Crippen MR) is 67.1 cm³/mol. The zero-order chi connectivity index (χ0) is 13.3. The Hall–Kier alpha value is -2.48. The number of aryl methyl sites for hydroxylation is 1. The standard InChI is InChI=1S/C13H12N2O3/c1-7-8(6-14)13(16)11-9(17-2)4-5-10(18-3)12(11)15-7/h4-5H,1-3H3,(H,15,16). The smallest absolute Gasteiger partial charge is 0.211 e. The SMILES string of the molecule is COc1ccc(OC)c2c(=O)c(C#N)c(C)[nH]c12. The van der Waals surface area contributed by atoms with Crippen molar-refractivity contribution in [3.63, 3.8) is 0 Å². The summed E-state index contributed by atoms with van der Waals surface area (Å²) in [6, 6.07) is 5.26. The summed E-state index contributed by atoms with van der Waals surface area (Å²) >= 11 is 0. The molecule has 0 fully saturated rings. The molecular weight excluding hydrogens is 232 g/mol. The van der Waals surface area contributed by atoms with Crippen LogP contribution in [0.4, 0.5) is 0 Å². The van der Waals surface area contributed by atoms with E-state index in [9.17, 15) is 4.79 Å². The van der Waals surface area contributed by atoms with Gasteiger partial charge < -0.3 is 14.5 Å². The van der Waals surface area contributed by atoms with Gasteiger partial charge in [-0.1, -0.05) is 0 Å². The third-order valence-corrected chi connectivity index (χ3v) is 2.82.